The Morgan fingerprint density at radius 1 is 1.47 bits per heavy atom. The number of aromatic hydroxyl groups is 1. The fourth-order valence-corrected chi connectivity index (χ4v) is 2.60. The fraction of sp³-hybridized carbons (Fsp3) is 0.571. The van der Waals surface area contributed by atoms with Gasteiger partial charge in [-0.05, 0) is 62.4 Å². The lowest BCUT2D eigenvalue weighted by Gasteiger charge is -2.24. The SMILES string of the molecule is COc1cc(O)cc(C)c1CC1CCCNC1. The van der Waals surface area contributed by atoms with E-state index >= 15 is 0 Å². The van der Waals surface area contributed by atoms with Crippen LogP contribution in [0.3, 0.4) is 0 Å². The highest BCUT2D eigenvalue weighted by Gasteiger charge is 2.17. The van der Waals surface area contributed by atoms with E-state index in [1.54, 1.807) is 13.2 Å². The second-order valence-corrected chi connectivity index (χ2v) is 4.86. The molecule has 2 rings (SSSR count). The van der Waals surface area contributed by atoms with Crippen LogP contribution < -0.4 is 10.1 Å². The summed E-state index contributed by atoms with van der Waals surface area (Å²) >= 11 is 0. The van der Waals surface area contributed by atoms with Crippen LogP contribution in [0.15, 0.2) is 12.1 Å². The molecule has 0 spiro atoms. The first-order chi connectivity index (χ1) is 8.20. The van der Waals surface area contributed by atoms with Crippen LogP contribution in [0.1, 0.15) is 24.0 Å². The maximum atomic E-state index is 9.56. The van der Waals surface area contributed by atoms with Crippen molar-refractivity contribution in [2.24, 2.45) is 5.92 Å². The molecule has 0 amide bonds. The normalized spacial score (nSPS) is 20.2. The summed E-state index contributed by atoms with van der Waals surface area (Å²) in [7, 11) is 1.66. The molecule has 1 saturated heterocycles. The molecule has 1 atom stereocenters. The van der Waals surface area contributed by atoms with Crippen molar-refractivity contribution in [1.29, 1.82) is 0 Å². The molecular weight excluding hydrogens is 214 g/mol. The van der Waals surface area contributed by atoms with Gasteiger partial charge in [-0.3, -0.25) is 0 Å². The molecule has 1 aromatic rings. The molecule has 0 bridgehead atoms. The predicted octanol–water partition coefficient (Wildman–Crippen LogP) is 2.25. The number of piperidine rings is 1. The second-order valence-electron chi connectivity index (χ2n) is 4.86. The minimum Gasteiger partial charge on any atom is -0.508 e. The number of hydrogen-bond donors (Lipinski definition) is 2. The molecule has 2 N–H and O–H groups in total. The van der Waals surface area contributed by atoms with Crippen molar-refractivity contribution >= 4 is 0 Å². The molecule has 94 valence electrons. The molecule has 0 aliphatic carbocycles. The topological polar surface area (TPSA) is 41.5 Å². The van der Waals surface area contributed by atoms with E-state index < -0.39 is 0 Å². The minimum atomic E-state index is 0.282. The van der Waals surface area contributed by atoms with Gasteiger partial charge >= 0.3 is 0 Å². The minimum absolute atomic E-state index is 0.282. The van der Waals surface area contributed by atoms with Crippen LogP contribution in [-0.2, 0) is 6.42 Å². The predicted molar refractivity (Wildman–Crippen MR) is 68.7 cm³/mol. The van der Waals surface area contributed by atoms with Crippen LogP contribution in [0.5, 0.6) is 11.5 Å². The van der Waals surface area contributed by atoms with Crippen molar-refractivity contribution in [2.45, 2.75) is 26.2 Å². The summed E-state index contributed by atoms with van der Waals surface area (Å²) in [6, 6.07) is 3.52. The van der Waals surface area contributed by atoms with Gasteiger partial charge in [0, 0.05) is 6.07 Å². The highest BCUT2D eigenvalue weighted by atomic mass is 16.5. The zero-order chi connectivity index (χ0) is 12.3. The van der Waals surface area contributed by atoms with Crippen molar-refractivity contribution in [3.05, 3.63) is 23.3 Å². The summed E-state index contributed by atoms with van der Waals surface area (Å²) in [6.07, 6.45) is 3.56. The molecule has 1 aliphatic rings. The lowest BCUT2D eigenvalue weighted by Crippen LogP contribution is -2.31. The molecule has 0 aromatic heterocycles. The second kappa shape index (κ2) is 5.41. The fourth-order valence-electron chi connectivity index (χ4n) is 2.60. The third-order valence-electron chi connectivity index (χ3n) is 3.53. The van der Waals surface area contributed by atoms with Crippen LogP contribution in [0.2, 0.25) is 0 Å². The van der Waals surface area contributed by atoms with Crippen molar-refractivity contribution in [2.75, 3.05) is 20.2 Å². The van der Waals surface area contributed by atoms with E-state index in [1.165, 1.54) is 18.4 Å². The first-order valence-corrected chi connectivity index (χ1v) is 6.28. The van der Waals surface area contributed by atoms with Crippen LogP contribution in [0.25, 0.3) is 0 Å². The smallest absolute Gasteiger partial charge is 0.126 e. The standard InChI is InChI=1S/C14H21NO2/c1-10-6-12(16)8-14(17-2)13(10)7-11-4-3-5-15-9-11/h6,8,11,15-16H,3-5,7,9H2,1-2H3. The van der Waals surface area contributed by atoms with Crippen LogP contribution in [-0.4, -0.2) is 25.3 Å². The number of benzene rings is 1. The van der Waals surface area contributed by atoms with E-state index in [4.69, 9.17) is 4.74 Å². The maximum Gasteiger partial charge on any atom is 0.126 e. The van der Waals surface area contributed by atoms with Gasteiger partial charge in [0.05, 0.1) is 7.11 Å². The molecule has 3 heteroatoms. The number of phenolic OH excluding ortho intramolecular Hbond substituents is 1. The van der Waals surface area contributed by atoms with Crippen LogP contribution >= 0.6 is 0 Å². The van der Waals surface area contributed by atoms with Crippen LogP contribution in [0.4, 0.5) is 0 Å². The number of rotatable bonds is 3. The summed E-state index contributed by atoms with van der Waals surface area (Å²) < 4.78 is 5.37. The monoisotopic (exact) mass is 235 g/mol. The van der Waals surface area contributed by atoms with Gasteiger partial charge in [-0.2, -0.15) is 0 Å². The van der Waals surface area contributed by atoms with Gasteiger partial charge in [-0.25, -0.2) is 0 Å². The number of methoxy groups -OCH3 is 1. The highest BCUT2D eigenvalue weighted by molar-refractivity contribution is 5.45. The van der Waals surface area contributed by atoms with Gasteiger partial charge in [-0.15, -0.1) is 0 Å². The number of phenols is 1. The van der Waals surface area contributed by atoms with E-state index in [0.717, 1.165) is 30.8 Å². The molecule has 1 heterocycles. The molecule has 1 aliphatic heterocycles. The van der Waals surface area contributed by atoms with Gasteiger partial charge in [-0.1, -0.05) is 0 Å². The quantitative estimate of drug-likeness (QED) is 0.844. The lowest BCUT2D eigenvalue weighted by molar-refractivity contribution is 0.362. The molecule has 0 saturated carbocycles. The highest BCUT2D eigenvalue weighted by Crippen LogP contribution is 2.30. The Bertz CT molecular complexity index is 384. The molecule has 1 fully saturated rings. The Kier molecular flexibility index (Phi) is 3.89. The number of nitrogens with one attached hydrogen (secondary N) is 1. The number of aryl methyl sites for hydroxylation is 1. The van der Waals surface area contributed by atoms with Crippen LogP contribution in [0, 0.1) is 12.8 Å². The summed E-state index contributed by atoms with van der Waals surface area (Å²) in [5.74, 6) is 1.78. The first-order valence-electron chi connectivity index (χ1n) is 6.28. The van der Waals surface area contributed by atoms with Gasteiger partial charge in [0.2, 0.25) is 0 Å². The summed E-state index contributed by atoms with van der Waals surface area (Å²) in [5, 5.41) is 13.0. The summed E-state index contributed by atoms with van der Waals surface area (Å²) in [5.41, 5.74) is 2.35. The average molecular weight is 235 g/mol. The van der Waals surface area contributed by atoms with Gasteiger partial charge < -0.3 is 15.2 Å². The van der Waals surface area contributed by atoms with Crippen molar-refractivity contribution < 1.29 is 9.84 Å². The number of ether oxygens (including phenoxy) is 1. The molecule has 0 radical (unpaired) electrons. The third kappa shape index (κ3) is 2.91. The first kappa shape index (κ1) is 12.2. The van der Waals surface area contributed by atoms with Crippen molar-refractivity contribution in [1.82, 2.24) is 5.32 Å². The Balaban J connectivity index is 2.18. The van der Waals surface area contributed by atoms with E-state index in [1.807, 2.05) is 13.0 Å². The summed E-state index contributed by atoms with van der Waals surface area (Å²) in [6.45, 7) is 4.26. The molecular formula is C14H21NO2. The largest absolute Gasteiger partial charge is 0.508 e. The van der Waals surface area contributed by atoms with Gasteiger partial charge in [0.15, 0.2) is 0 Å². The zero-order valence-corrected chi connectivity index (χ0v) is 10.6. The Morgan fingerprint density at radius 2 is 2.29 bits per heavy atom. The summed E-state index contributed by atoms with van der Waals surface area (Å²) in [4.78, 5) is 0. The Morgan fingerprint density at radius 3 is 2.94 bits per heavy atom. The molecule has 1 unspecified atom stereocenters. The van der Waals surface area contributed by atoms with E-state index in [-0.39, 0.29) is 5.75 Å². The van der Waals surface area contributed by atoms with Gasteiger partial charge in [0.25, 0.3) is 0 Å². The van der Waals surface area contributed by atoms with Crippen molar-refractivity contribution in [3.63, 3.8) is 0 Å². The molecule has 1 aromatic carbocycles. The Labute approximate surface area is 103 Å². The van der Waals surface area contributed by atoms with Crippen molar-refractivity contribution in [3.8, 4) is 11.5 Å². The third-order valence-corrected chi connectivity index (χ3v) is 3.53. The lowest BCUT2D eigenvalue weighted by atomic mass is 9.90. The van der Waals surface area contributed by atoms with E-state index in [2.05, 4.69) is 5.32 Å². The molecule has 17 heavy (non-hydrogen) atoms. The number of hydrogen-bond acceptors (Lipinski definition) is 3. The average Bonchev–Trinajstić information content (AvgIpc) is 2.33. The zero-order valence-electron chi connectivity index (χ0n) is 10.6. The van der Waals surface area contributed by atoms with E-state index in [0.29, 0.717) is 5.92 Å². The maximum absolute atomic E-state index is 9.56. The van der Waals surface area contributed by atoms with E-state index in [9.17, 15) is 5.11 Å². The Hall–Kier alpha value is -1.22. The molecule has 3 nitrogen and oxygen atoms in total. The van der Waals surface area contributed by atoms with Gasteiger partial charge in [0.1, 0.15) is 11.5 Å².